The normalized spacial score (nSPS) is 11.3. The first-order valence-corrected chi connectivity index (χ1v) is 8.13. The van der Waals surface area contributed by atoms with E-state index in [1.807, 2.05) is 0 Å². The molecule has 5 heteroatoms. The lowest BCUT2D eigenvalue weighted by atomic mass is 10.0. The predicted molar refractivity (Wildman–Crippen MR) is 92.5 cm³/mol. The fraction of sp³-hybridized carbons (Fsp3) is 0.350. The predicted octanol–water partition coefficient (Wildman–Crippen LogP) is 4.91. The Labute approximate surface area is 146 Å². The van der Waals surface area contributed by atoms with E-state index in [4.69, 9.17) is 9.47 Å². The van der Waals surface area contributed by atoms with Crippen molar-refractivity contribution in [2.45, 2.75) is 39.7 Å². The van der Waals surface area contributed by atoms with Gasteiger partial charge in [0.2, 0.25) is 5.82 Å². The number of benzene rings is 2. The van der Waals surface area contributed by atoms with Crippen molar-refractivity contribution in [2.75, 3.05) is 6.61 Å². The molecule has 2 rings (SSSR count). The molecule has 2 aromatic carbocycles. The van der Waals surface area contributed by atoms with E-state index in [1.54, 1.807) is 52.0 Å². The van der Waals surface area contributed by atoms with Crippen LogP contribution in [0.25, 0.3) is 11.1 Å². The summed E-state index contributed by atoms with van der Waals surface area (Å²) in [6, 6.07) is 9.59. The van der Waals surface area contributed by atoms with Crippen LogP contribution in [0.1, 0.15) is 33.3 Å². The van der Waals surface area contributed by atoms with Crippen LogP contribution in [0.3, 0.4) is 0 Å². The summed E-state index contributed by atoms with van der Waals surface area (Å²) in [6.07, 6.45) is 0.123. The van der Waals surface area contributed by atoms with E-state index in [9.17, 15) is 13.6 Å². The maximum Gasteiger partial charge on any atom is 0.310 e. The third kappa shape index (κ3) is 5.02. The molecule has 25 heavy (non-hydrogen) atoms. The van der Waals surface area contributed by atoms with E-state index in [0.717, 1.165) is 5.56 Å². The molecule has 0 unspecified atom stereocenters. The number of hydrogen-bond donors (Lipinski definition) is 0. The van der Waals surface area contributed by atoms with Gasteiger partial charge in [-0.1, -0.05) is 24.3 Å². The topological polar surface area (TPSA) is 35.5 Å². The highest BCUT2D eigenvalue weighted by molar-refractivity contribution is 5.74. The molecule has 0 spiro atoms. The molecule has 0 aliphatic rings. The number of halogens is 2. The third-order valence-electron chi connectivity index (χ3n) is 3.38. The fourth-order valence-electron chi connectivity index (χ4n) is 2.37. The zero-order chi connectivity index (χ0) is 18.6. The lowest BCUT2D eigenvalue weighted by Crippen LogP contribution is -2.24. The summed E-state index contributed by atoms with van der Waals surface area (Å²) in [6.45, 7) is 7.37. The molecule has 0 heterocycles. The molecule has 0 radical (unpaired) electrons. The summed E-state index contributed by atoms with van der Waals surface area (Å²) in [5.41, 5.74) is 0.863. The maximum absolute atomic E-state index is 14.2. The van der Waals surface area contributed by atoms with E-state index in [1.165, 1.54) is 12.1 Å². The Kier molecular flexibility index (Phi) is 5.77. The van der Waals surface area contributed by atoms with Crippen LogP contribution in [0.2, 0.25) is 0 Å². The van der Waals surface area contributed by atoms with Crippen molar-refractivity contribution >= 4 is 5.97 Å². The summed E-state index contributed by atoms with van der Waals surface area (Å²) < 4.78 is 38.5. The highest BCUT2D eigenvalue weighted by atomic mass is 19.2. The van der Waals surface area contributed by atoms with Crippen LogP contribution in [-0.2, 0) is 16.0 Å². The summed E-state index contributed by atoms with van der Waals surface area (Å²) in [4.78, 5) is 11.8. The molecule has 2 aromatic rings. The van der Waals surface area contributed by atoms with Gasteiger partial charge in [-0.2, -0.15) is 4.39 Å². The Morgan fingerprint density at radius 1 is 1.00 bits per heavy atom. The zero-order valence-electron chi connectivity index (χ0n) is 14.9. The maximum atomic E-state index is 14.2. The van der Waals surface area contributed by atoms with Gasteiger partial charge in [0, 0.05) is 5.56 Å². The lowest BCUT2D eigenvalue weighted by molar-refractivity contribution is -0.153. The van der Waals surface area contributed by atoms with Crippen LogP contribution in [0.5, 0.6) is 5.75 Å². The molecule has 0 saturated heterocycles. The second-order valence-electron chi connectivity index (χ2n) is 6.63. The van der Waals surface area contributed by atoms with Crippen LogP contribution in [0.4, 0.5) is 8.78 Å². The average molecular weight is 348 g/mol. The van der Waals surface area contributed by atoms with Crippen molar-refractivity contribution in [2.24, 2.45) is 0 Å². The largest absolute Gasteiger partial charge is 0.491 e. The summed E-state index contributed by atoms with van der Waals surface area (Å²) in [5.74, 6) is -2.40. The van der Waals surface area contributed by atoms with Gasteiger partial charge in [-0.25, -0.2) is 4.39 Å². The molecular formula is C20H22F2O3. The molecule has 0 atom stereocenters. The molecular weight excluding hydrogens is 326 g/mol. The Hall–Kier alpha value is -2.43. The fourth-order valence-corrected chi connectivity index (χ4v) is 2.37. The SMILES string of the molecule is CCOc1ccc(-c2ccc(CC(=O)OC(C)(C)C)cc2)c(F)c1F. The third-order valence-corrected chi connectivity index (χ3v) is 3.38. The van der Waals surface area contributed by atoms with Crippen LogP contribution in [0, 0.1) is 11.6 Å². The molecule has 0 aromatic heterocycles. The van der Waals surface area contributed by atoms with Crippen molar-refractivity contribution < 1.29 is 23.0 Å². The van der Waals surface area contributed by atoms with Gasteiger partial charge in [0.1, 0.15) is 5.60 Å². The van der Waals surface area contributed by atoms with Gasteiger partial charge in [0.25, 0.3) is 0 Å². The number of rotatable bonds is 5. The zero-order valence-corrected chi connectivity index (χ0v) is 14.9. The molecule has 3 nitrogen and oxygen atoms in total. The number of carbonyl (C=O) groups excluding carboxylic acids is 1. The monoisotopic (exact) mass is 348 g/mol. The first kappa shape index (κ1) is 18.9. The summed E-state index contributed by atoms with van der Waals surface area (Å²) in [5, 5.41) is 0. The Morgan fingerprint density at radius 2 is 1.64 bits per heavy atom. The second kappa shape index (κ2) is 7.64. The minimum atomic E-state index is -1.00. The van der Waals surface area contributed by atoms with Gasteiger partial charge in [0.15, 0.2) is 11.6 Å². The molecule has 0 aliphatic heterocycles. The minimum Gasteiger partial charge on any atom is -0.491 e. The highest BCUT2D eigenvalue weighted by Crippen LogP contribution is 2.30. The highest BCUT2D eigenvalue weighted by Gasteiger charge is 2.18. The van der Waals surface area contributed by atoms with Crippen molar-refractivity contribution in [3.8, 4) is 16.9 Å². The quantitative estimate of drug-likeness (QED) is 0.720. The minimum absolute atomic E-state index is 0.106. The molecule has 0 saturated carbocycles. The Bertz CT molecular complexity index is 747. The standard InChI is InChI=1S/C20H22F2O3/c1-5-24-16-11-10-15(18(21)19(16)22)14-8-6-13(7-9-14)12-17(23)25-20(2,3)4/h6-11H,5,12H2,1-4H3. The second-order valence-corrected chi connectivity index (χ2v) is 6.63. The van der Waals surface area contributed by atoms with Crippen LogP contribution >= 0.6 is 0 Å². The van der Waals surface area contributed by atoms with Crippen molar-refractivity contribution in [3.63, 3.8) is 0 Å². The van der Waals surface area contributed by atoms with Crippen LogP contribution in [-0.4, -0.2) is 18.2 Å². The number of esters is 1. The molecule has 0 bridgehead atoms. The summed E-state index contributed by atoms with van der Waals surface area (Å²) in [7, 11) is 0. The number of ether oxygens (including phenoxy) is 2. The van der Waals surface area contributed by atoms with E-state index in [-0.39, 0.29) is 30.3 Å². The van der Waals surface area contributed by atoms with Crippen molar-refractivity contribution in [1.82, 2.24) is 0 Å². The van der Waals surface area contributed by atoms with Gasteiger partial charge in [-0.15, -0.1) is 0 Å². The smallest absolute Gasteiger partial charge is 0.310 e. The first-order valence-electron chi connectivity index (χ1n) is 8.13. The van der Waals surface area contributed by atoms with Gasteiger partial charge < -0.3 is 9.47 Å². The van der Waals surface area contributed by atoms with Gasteiger partial charge >= 0.3 is 5.97 Å². The van der Waals surface area contributed by atoms with Crippen LogP contribution in [0.15, 0.2) is 36.4 Å². The van der Waals surface area contributed by atoms with Crippen molar-refractivity contribution in [3.05, 3.63) is 53.6 Å². The molecule has 0 aliphatic carbocycles. The van der Waals surface area contributed by atoms with Gasteiger partial charge in [-0.05, 0) is 51.0 Å². The van der Waals surface area contributed by atoms with E-state index >= 15 is 0 Å². The van der Waals surface area contributed by atoms with E-state index in [2.05, 4.69) is 0 Å². The molecule has 0 fully saturated rings. The first-order chi connectivity index (χ1) is 11.7. The Morgan fingerprint density at radius 3 is 2.20 bits per heavy atom. The molecule has 0 N–H and O–H groups in total. The lowest BCUT2D eigenvalue weighted by Gasteiger charge is -2.19. The van der Waals surface area contributed by atoms with Gasteiger partial charge in [-0.3, -0.25) is 4.79 Å². The van der Waals surface area contributed by atoms with E-state index < -0.39 is 17.2 Å². The number of carbonyl (C=O) groups is 1. The van der Waals surface area contributed by atoms with Crippen molar-refractivity contribution in [1.29, 1.82) is 0 Å². The van der Waals surface area contributed by atoms with Crippen LogP contribution < -0.4 is 4.74 Å². The Balaban J connectivity index is 2.17. The summed E-state index contributed by atoms with van der Waals surface area (Å²) >= 11 is 0. The van der Waals surface area contributed by atoms with Gasteiger partial charge in [0.05, 0.1) is 13.0 Å². The average Bonchev–Trinajstić information content (AvgIpc) is 2.51. The molecule has 0 amide bonds. The van der Waals surface area contributed by atoms with E-state index in [0.29, 0.717) is 5.56 Å². The number of hydrogen-bond acceptors (Lipinski definition) is 3. The molecule has 134 valence electrons.